The van der Waals surface area contributed by atoms with E-state index < -0.39 is 6.29 Å². The zero-order valence-electron chi connectivity index (χ0n) is 6.78. The van der Waals surface area contributed by atoms with E-state index in [0.717, 1.165) is 12.2 Å². The number of nitrogens with one attached hydrogen (secondary N) is 1. The molecule has 0 bridgehead atoms. The lowest BCUT2D eigenvalue weighted by atomic mass is 10.1. The Morgan fingerprint density at radius 1 is 1.64 bits per heavy atom. The Kier molecular flexibility index (Phi) is 2.49. The van der Waals surface area contributed by atoms with Crippen molar-refractivity contribution in [3.63, 3.8) is 0 Å². The van der Waals surface area contributed by atoms with E-state index in [1.54, 1.807) is 6.92 Å². The van der Waals surface area contributed by atoms with Crippen LogP contribution in [0.1, 0.15) is 6.92 Å². The van der Waals surface area contributed by atoms with Gasteiger partial charge in [-0.25, -0.2) is 5.01 Å². The molecule has 0 saturated heterocycles. The molecule has 1 heterocycles. The lowest BCUT2D eigenvalue weighted by molar-refractivity contribution is -0.0704. The van der Waals surface area contributed by atoms with Crippen molar-refractivity contribution in [2.75, 3.05) is 13.6 Å². The average molecular weight is 158 g/mol. The van der Waals surface area contributed by atoms with Crippen LogP contribution in [0.4, 0.5) is 0 Å². The quantitative estimate of drug-likeness (QED) is 0.464. The number of hydrogen-bond donors (Lipinski definition) is 3. The Morgan fingerprint density at radius 3 is 2.64 bits per heavy atom. The van der Waals surface area contributed by atoms with Crippen LogP contribution in [0.25, 0.3) is 0 Å². The topological polar surface area (TPSA) is 55.7 Å². The van der Waals surface area contributed by atoms with Gasteiger partial charge in [-0.05, 0) is 6.08 Å². The van der Waals surface area contributed by atoms with Gasteiger partial charge in [-0.1, -0.05) is 6.92 Å². The van der Waals surface area contributed by atoms with Crippen LogP contribution in [0.3, 0.4) is 0 Å². The third kappa shape index (κ3) is 1.92. The normalized spacial score (nSPS) is 21.7. The number of nitrogens with zero attached hydrogens (tertiary/aromatic N) is 1. The van der Waals surface area contributed by atoms with E-state index in [1.807, 2.05) is 18.1 Å². The van der Waals surface area contributed by atoms with E-state index in [-0.39, 0.29) is 5.92 Å². The molecule has 0 radical (unpaired) electrons. The molecule has 1 aliphatic rings. The van der Waals surface area contributed by atoms with Crippen LogP contribution in [0.5, 0.6) is 0 Å². The number of aliphatic hydroxyl groups is 2. The van der Waals surface area contributed by atoms with Crippen molar-refractivity contribution in [1.29, 1.82) is 0 Å². The van der Waals surface area contributed by atoms with Gasteiger partial charge in [-0.3, -0.25) is 0 Å². The van der Waals surface area contributed by atoms with Gasteiger partial charge in [-0.15, -0.1) is 0 Å². The minimum atomic E-state index is -1.28. The van der Waals surface area contributed by atoms with Crippen molar-refractivity contribution in [3.05, 3.63) is 11.8 Å². The van der Waals surface area contributed by atoms with Crippen molar-refractivity contribution >= 4 is 0 Å². The summed E-state index contributed by atoms with van der Waals surface area (Å²) in [5.41, 5.74) is 3.89. The van der Waals surface area contributed by atoms with E-state index in [2.05, 4.69) is 5.43 Å². The summed E-state index contributed by atoms with van der Waals surface area (Å²) in [6, 6.07) is 0. The predicted molar refractivity (Wildman–Crippen MR) is 41.2 cm³/mol. The third-order valence-corrected chi connectivity index (χ3v) is 1.84. The van der Waals surface area contributed by atoms with Crippen molar-refractivity contribution in [3.8, 4) is 0 Å². The second kappa shape index (κ2) is 3.21. The van der Waals surface area contributed by atoms with Gasteiger partial charge in [0.05, 0.1) is 0 Å². The van der Waals surface area contributed by atoms with Gasteiger partial charge in [0.25, 0.3) is 0 Å². The number of hydrazine groups is 1. The molecule has 4 heteroatoms. The molecule has 4 nitrogen and oxygen atoms in total. The Hall–Kier alpha value is -0.580. The molecule has 0 aromatic carbocycles. The summed E-state index contributed by atoms with van der Waals surface area (Å²) in [6.07, 6.45) is 0.671. The molecule has 0 aliphatic carbocycles. The SMILES string of the molecule is CC(C1=CCN(C)N1)C(O)O. The maximum absolute atomic E-state index is 8.82. The molecule has 3 N–H and O–H groups in total. The summed E-state index contributed by atoms with van der Waals surface area (Å²) in [4.78, 5) is 0. The highest BCUT2D eigenvalue weighted by Gasteiger charge is 2.19. The number of likely N-dealkylation sites (N-methyl/N-ethyl adjacent to an activating group) is 1. The Bertz CT molecular complexity index is 168. The Labute approximate surface area is 66.1 Å². The molecule has 0 fully saturated rings. The van der Waals surface area contributed by atoms with E-state index in [0.29, 0.717) is 0 Å². The summed E-state index contributed by atoms with van der Waals surface area (Å²) in [5, 5.41) is 19.5. The summed E-state index contributed by atoms with van der Waals surface area (Å²) in [5.74, 6) is -0.236. The first kappa shape index (κ1) is 8.52. The number of hydrogen-bond acceptors (Lipinski definition) is 4. The molecule has 1 aliphatic heterocycles. The highest BCUT2D eigenvalue weighted by Crippen LogP contribution is 2.14. The van der Waals surface area contributed by atoms with Gasteiger partial charge in [0.2, 0.25) is 0 Å². The standard InChI is InChI=1S/C7H14N2O2/c1-5(7(10)11)6-3-4-9(2)8-6/h3,5,7-8,10-11H,4H2,1-2H3. The molecule has 0 saturated carbocycles. The monoisotopic (exact) mass is 158 g/mol. The summed E-state index contributed by atoms with van der Waals surface area (Å²) < 4.78 is 0. The second-order valence-electron chi connectivity index (χ2n) is 2.85. The van der Waals surface area contributed by atoms with E-state index in [9.17, 15) is 0 Å². The van der Waals surface area contributed by atoms with Crippen molar-refractivity contribution in [2.45, 2.75) is 13.2 Å². The zero-order valence-corrected chi connectivity index (χ0v) is 6.78. The number of aliphatic hydroxyl groups excluding tert-OH is 1. The van der Waals surface area contributed by atoms with Crippen LogP contribution < -0.4 is 5.43 Å². The zero-order chi connectivity index (χ0) is 8.43. The Morgan fingerprint density at radius 2 is 2.27 bits per heavy atom. The van der Waals surface area contributed by atoms with Crippen LogP contribution in [-0.4, -0.2) is 35.1 Å². The average Bonchev–Trinajstić information content (AvgIpc) is 2.34. The highest BCUT2D eigenvalue weighted by atomic mass is 16.5. The number of rotatable bonds is 2. The molecule has 0 aromatic rings. The van der Waals surface area contributed by atoms with Crippen LogP contribution in [-0.2, 0) is 0 Å². The van der Waals surface area contributed by atoms with E-state index >= 15 is 0 Å². The molecule has 0 spiro atoms. The van der Waals surface area contributed by atoms with Crippen molar-refractivity contribution in [2.24, 2.45) is 5.92 Å². The molecule has 0 amide bonds. The lowest BCUT2D eigenvalue weighted by Gasteiger charge is -2.18. The Balaban J connectivity index is 2.49. The third-order valence-electron chi connectivity index (χ3n) is 1.84. The molecule has 1 rings (SSSR count). The minimum Gasteiger partial charge on any atom is -0.368 e. The van der Waals surface area contributed by atoms with E-state index in [4.69, 9.17) is 10.2 Å². The predicted octanol–water partition coefficient (Wildman–Crippen LogP) is -0.733. The smallest absolute Gasteiger partial charge is 0.159 e. The highest BCUT2D eigenvalue weighted by molar-refractivity contribution is 5.08. The van der Waals surface area contributed by atoms with Gasteiger partial charge in [0.15, 0.2) is 6.29 Å². The fourth-order valence-corrected chi connectivity index (χ4v) is 0.995. The fraction of sp³-hybridized carbons (Fsp3) is 0.714. The summed E-state index contributed by atoms with van der Waals surface area (Å²) in [7, 11) is 1.90. The van der Waals surface area contributed by atoms with Crippen LogP contribution in [0, 0.1) is 5.92 Å². The van der Waals surface area contributed by atoms with Crippen molar-refractivity contribution in [1.82, 2.24) is 10.4 Å². The maximum Gasteiger partial charge on any atom is 0.159 e. The van der Waals surface area contributed by atoms with E-state index in [1.165, 1.54) is 0 Å². The van der Waals surface area contributed by atoms with Gasteiger partial charge in [0, 0.05) is 25.2 Å². The van der Waals surface area contributed by atoms with Crippen molar-refractivity contribution < 1.29 is 10.2 Å². The first-order chi connectivity index (χ1) is 5.11. The molecular formula is C7H14N2O2. The van der Waals surface area contributed by atoms with Crippen LogP contribution >= 0.6 is 0 Å². The molecule has 1 unspecified atom stereocenters. The summed E-state index contributed by atoms with van der Waals surface area (Å²) in [6.45, 7) is 2.58. The lowest BCUT2D eigenvalue weighted by Crippen LogP contribution is -2.32. The first-order valence-corrected chi connectivity index (χ1v) is 3.65. The molecular weight excluding hydrogens is 144 g/mol. The largest absolute Gasteiger partial charge is 0.368 e. The molecule has 0 aromatic heterocycles. The van der Waals surface area contributed by atoms with Gasteiger partial charge < -0.3 is 15.6 Å². The molecule has 64 valence electrons. The van der Waals surface area contributed by atoms with Crippen LogP contribution in [0.2, 0.25) is 0 Å². The van der Waals surface area contributed by atoms with Crippen LogP contribution in [0.15, 0.2) is 11.8 Å². The molecule has 1 atom stereocenters. The van der Waals surface area contributed by atoms with Gasteiger partial charge in [-0.2, -0.15) is 0 Å². The molecule has 11 heavy (non-hydrogen) atoms. The van der Waals surface area contributed by atoms with Gasteiger partial charge in [0.1, 0.15) is 0 Å². The maximum atomic E-state index is 8.82. The van der Waals surface area contributed by atoms with Gasteiger partial charge >= 0.3 is 0 Å². The first-order valence-electron chi connectivity index (χ1n) is 3.65. The summed E-state index contributed by atoms with van der Waals surface area (Å²) >= 11 is 0. The fourth-order valence-electron chi connectivity index (χ4n) is 0.995. The minimum absolute atomic E-state index is 0.236. The second-order valence-corrected chi connectivity index (χ2v) is 2.85.